The Balaban J connectivity index is 1.84. The van der Waals surface area contributed by atoms with Gasteiger partial charge in [-0.25, -0.2) is 8.42 Å². The highest BCUT2D eigenvalue weighted by atomic mass is 35.5. The molecule has 0 radical (unpaired) electrons. The SMILES string of the molecule is Cc1ccc(S(=O)(=O)N(C)C2CC/C2=C/c2ccc(C)c(Cl)c2)cc1. The highest BCUT2D eigenvalue weighted by Crippen LogP contribution is 2.35. The lowest BCUT2D eigenvalue weighted by atomic mass is 9.84. The fraction of sp³-hybridized carbons (Fsp3) is 0.300. The molecule has 25 heavy (non-hydrogen) atoms. The standard InChI is InChI=1S/C20H22ClNO2S/c1-14-4-9-18(10-5-14)25(23,24)22(3)20-11-8-17(20)12-16-7-6-15(2)19(21)13-16/h4-7,9-10,12-13,20H,8,11H2,1-3H3/b17-12-. The van der Waals surface area contributed by atoms with E-state index >= 15 is 0 Å². The molecule has 1 fully saturated rings. The molecule has 132 valence electrons. The van der Waals surface area contributed by atoms with Gasteiger partial charge in [-0.1, -0.05) is 53.1 Å². The van der Waals surface area contributed by atoms with Gasteiger partial charge in [0.15, 0.2) is 0 Å². The summed E-state index contributed by atoms with van der Waals surface area (Å²) in [6.45, 7) is 3.91. The molecule has 1 unspecified atom stereocenters. The second kappa shape index (κ2) is 6.94. The number of rotatable bonds is 4. The molecule has 1 saturated carbocycles. The van der Waals surface area contributed by atoms with Gasteiger partial charge in [-0.2, -0.15) is 4.31 Å². The molecule has 3 rings (SSSR count). The smallest absolute Gasteiger partial charge is 0.207 e. The number of likely N-dealkylation sites (N-methyl/N-ethyl adjacent to an activating group) is 1. The van der Waals surface area contributed by atoms with Crippen LogP contribution >= 0.6 is 11.6 Å². The van der Waals surface area contributed by atoms with Crippen LogP contribution in [0.2, 0.25) is 5.02 Å². The number of hydrogen-bond donors (Lipinski definition) is 0. The van der Waals surface area contributed by atoms with Crippen LogP contribution < -0.4 is 0 Å². The lowest BCUT2D eigenvalue weighted by Crippen LogP contribution is -2.43. The molecule has 0 heterocycles. The Bertz CT molecular complexity index is 917. The van der Waals surface area contributed by atoms with E-state index < -0.39 is 10.0 Å². The predicted molar refractivity (Wildman–Crippen MR) is 103 cm³/mol. The fourth-order valence-corrected chi connectivity index (χ4v) is 4.56. The lowest BCUT2D eigenvalue weighted by molar-refractivity contribution is 0.332. The Labute approximate surface area is 155 Å². The molecule has 0 aromatic heterocycles. The molecule has 2 aromatic rings. The summed E-state index contributed by atoms with van der Waals surface area (Å²) in [4.78, 5) is 0.338. The van der Waals surface area contributed by atoms with Crippen LogP contribution in [-0.2, 0) is 10.0 Å². The van der Waals surface area contributed by atoms with Gasteiger partial charge < -0.3 is 0 Å². The zero-order valence-corrected chi connectivity index (χ0v) is 16.2. The number of halogens is 1. The van der Waals surface area contributed by atoms with E-state index in [1.54, 1.807) is 19.2 Å². The molecule has 5 heteroatoms. The summed E-state index contributed by atoms with van der Waals surface area (Å²) in [6, 6.07) is 12.8. The van der Waals surface area contributed by atoms with Crippen LogP contribution in [0.3, 0.4) is 0 Å². The van der Waals surface area contributed by atoms with E-state index in [0.29, 0.717) is 4.90 Å². The molecule has 1 aliphatic carbocycles. The maximum Gasteiger partial charge on any atom is 0.243 e. The quantitative estimate of drug-likeness (QED) is 0.767. The average molecular weight is 376 g/mol. The number of nitrogens with zero attached hydrogens (tertiary/aromatic N) is 1. The van der Waals surface area contributed by atoms with Crippen LogP contribution in [-0.4, -0.2) is 25.8 Å². The van der Waals surface area contributed by atoms with E-state index in [4.69, 9.17) is 11.6 Å². The molecule has 0 N–H and O–H groups in total. The van der Waals surface area contributed by atoms with Crippen LogP contribution in [0.4, 0.5) is 0 Å². The maximum absolute atomic E-state index is 12.9. The van der Waals surface area contributed by atoms with Crippen LogP contribution in [0.1, 0.15) is 29.5 Å². The van der Waals surface area contributed by atoms with E-state index in [1.165, 1.54) is 4.31 Å². The topological polar surface area (TPSA) is 37.4 Å². The zero-order valence-electron chi connectivity index (χ0n) is 14.7. The third kappa shape index (κ3) is 3.66. The van der Waals surface area contributed by atoms with Crippen molar-refractivity contribution in [2.75, 3.05) is 7.05 Å². The minimum atomic E-state index is -3.49. The third-order valence-electron chi connectivity index (χ3n) is 4.82. The monoisotopic (exact) mass is 375 g/mol. The Morgan fingerprint density at radius 3 is 2.36 bits per heavy atom. The summed E-state index contributed by atoms with van der Waals surface area (Å²) in [5.74, 6) is 0. The van der Waals surface area contributed by atoms with Crippen molar-refractivity contribution < 1.29 is 8.42 Å². The van der Waals surface area contributed by atoms with Crippen LogP contribution in [0, 0.1) is 13.8 Å². The zero-order chi connectivity index (χ0) is 18.2. The van der Waals surface area contributed by atoms with E-state index in [2.05, 4.69) is 6.08 Å². The van der Waals surface area contributed by atoms with Gasteiger partial charge in [0.05, 0.1) is 4.90 Å². The molecule has 0 bridgehead atoms. The van der Waals surface area contributed by atoms with Crippen molar-refractivity contribution in [2.24, 2.45) is 0 Å². The van der Waals surface area contributed by atoms with Crippen LogP contribution in [0.5, 0.6) is 0 Å². The Hall–Kier alpha value is -1.62. The van der Waals surface area contributed by atoms with Gasteiger partial charge in [0.1, 0.15) is 0 Å². The largest absolute Gasteiger partial charge is 0.243 e. The molecule has 3 nitrogen and oxygen atoms in total. The molecule has 0 spiro atoms. The second-order valence-corrected chi connectivity index (χ2v) is 9.02. The maximum atomic E-state index is 12.9. The van der Waals surface area contributed by atoms with Crippen molar-refractivity contribution in [2.45, 2.75) is 37.6 Å². The van der Waals surface area contributed by atoms with Crippen molar-refractivity contribution in [3.63, 3.8) is 0 Å². The van der Waals surface area contributed by atoms with Gasteiger partial charge in [-0.3, -0.25) is 0 Å². The van der Waals surface area contributed by atoms with Gasteiger partial charge in [-0.15, -0.1) is 0 Å². The van der Waals surface area contributed by atoms with E-state index in [-0.39, 0.29) is 6.04 Å². The van der Waals surface area contributed by atoms with Crippen molar-refractivity contribution in [1.29, 1.82) is 0 Å². The second-order valence-electron chi connectivity index (χ2n) is 6.62. The molecule has 1 aliphatic rings. The van der Waals surface area contributed by atoms with Gasteiger partial charge in [0, 0.05) is 18.1 Å². The van der Waals surface area contributed by atoms with Crippen molar-refractivity contribution in [1.82, 2.24) is 4.31 Å². The first kappa shape index (κ1) is 18.2. The number of hydrogen-bond acceptors (Lipinski definition) is 2. The fourth-order valence-electron chi connectivity index (χ4n) is 2.98. The van der Waals surface area contributed by atoms with Gasteiger partial charge in [-0.05, 0) is 56.0 Å². The summed E-state index contributed by atoms with van der Waals surface area (Å²) in [5, 5.41) is 0.728. The summed E-state index contributed by atoms with van der Waals surface area (Å²) >= 11 is 6.19. The average Bonchev–Trinajstić information content (AvgIpc) is 2.55. The van der Waals surface area contributed by atoms with E-state index in [0.717, 1.165) is 40.1 Å². The molecular weight excluding hydrogens is 354 g/mol. The predicted octanol–water partition coefficient (Wildman–Crippen LogP) is 4.82. The van der Waals surface area contributed by atoms with Crippen LogP contribution in [0.15, 0.2) is 52.9 Å². The molecule has 1 atom stereocenters. The number of benzene rings is 2. The van der Waals surface area contributed by atoms with Gasteiger partial charge in [0.25, 0.3) is 0 Å². The Kier molecular flexibility index (Phi) is 5.05. The minimum absolute atomic E-state index is 0.0913. The van der Waals surface area contributed by atoms with E-state index in [9.17, 15) is 8.42 Å². The summed E-state index contributed by atoms with van der Waals surface area (Å²) < 4.78 is 27.2. The number of sulfonamides is 1. The summed E-state index contributed by atoms with van der Waals surface area (Å²) in [7, 11) is -1.83. The van der Waals surface area contributed by atoms with E-state index in [1.807, 2.05) is 44.2 Å². The minimum Gasteiger partial charge on any atom is -0.207 e. The van der Waals surface area contributed by atoms with Gasteiger partial charge in [0.2, 0.25) is 10.0 Å². The van der Waals surface area contributed by atoms with Gasteiger partial charge >= 0.3 is 0 Å². The van der Waals surface area contributed by atoms with Crippen molar-refractivity contribution in [3.8, 4) is 0 Å². The summed E-state index contributed by atoms with van der Waals surface area (Å²) in [5.41, 5.74) is 4.21. The Morgan fingerprint density at radius 2 is 1.80 bits per heavy atom. The molecule has 0 saturated heterocycles. The molecule has 2 aromatic carbocycles. The third-order valence-corrected chi connectivity index (χ3v) is 7.11. The Morgan fingerprint density at radius 1 is 1.12 bits per heavy atom. The number of aryl methyl sites for hydroxylation is 2. The molecular formula is C20H22ClNO2S. The lowest BCUT2D eigenvalue weighted by Gasteiger charge is -2.37. The first-order valence-electron chi connectivity index (χ1n) is 8.30. The highest BCUT2D eigenvalue weighted by Gasteiger charge is 2.35. The summed E-state index contributed by atoms with van der Waals surface area (Å²) in [6.07, 6.45) is 3.80. The van der Waals surface area contributed by atoms with Crippen LogP contribution in [0.25, 0.3) is 6.08 Å². The van der Waals surface area contributed by atoms with Crippen molar-refractivity contribution in [3.05, 3.63) is 69.8 Å². The van der Waals surface area contributed by atoms with Crippen molar-refractivity contribution >= 4 is 27.7 Å². The first-order chi connectivity index (χ1) is 11.8. The first-order valence-corrected chi connectivity index (χ1v) is 10.1. The normalized spacial score (nSPS) is 19.2. The molecule has 0 amide bonds. The molecule has 0 aliphatic heterocycles. The highest BCUT2D eigenvalue weighted by molar-refractivity contribution is 7.89.